The molecule has 0 saturated carbocycles. The van der Waals surface area contributed by atoms with Gasteiger partial charge in [0, 0.05) is 0 Å². The van der Waals surface area contributed by atoms with E-state index < -0.39 is 0 Å². The van der Waals surface area contributed by atoms with Gasteiger partial charge in [0.1, 0.15) is 0 Å². The average molecular weight is 153 g/mol. The molecule has 1 aromatic rings. The van der Waals surface area contributed by atoms with E-state index in [1.54, 1.807) is 12.1 Å². The first-order valence-corrected chi connectivity index (χ1v) is 2.16. The van der Waals surface area contributed by atoms with E-state index >= 15 is 0 Å². The Hall–Kier alpha value is 0.146. The Morgan fingerprint density at radius 3 is 2.11 bits per heavy atom. The molecule has 0 fully saturated rings. The van der Waals surface area contributed by atoms with Gasteiger partial charge in [-0.15, -0.1) is 12.1 Å². The van der Waals surface area contributed by atoms with Gasteiger partial charge in [-0.1, -0.05) is 6.07 Å². The summed E-state index contributed by atoms with van der Waals surface area (Å²) < 4.78 is 13.8. The zero-order chi connectivity index (χ0) is 6.69. The van der Waals surface area contributed by atoms with Crippen LogP contribution in [0.15, 0.2) is 30.3 Å². The van der Waals surface area contributed by atoms with Crippen molar-refractivity contribution < 1.29 is 15.1 Å². The van der Waals surface area contributed by atoms with E-state index in [4.69, 9.17) is 2.74 Å². The maximum absolute atomic E-state index is 6.90. The first-order valence-electron chi connectivity index (χ1n) is 3.16. The Morgan fingerprint density at radius 1 is 1.22 bits per heavy atom. The van der Waals surface area contributed by atoms with Crippen LogP contribution in [0.5, 0.6) is 0 Å². The molecule has 44 valence electrons. The van der Waals surface area contributed by atoms with Crippen LogP contribution in [0.25, 0.3) is 0 Å². The molecule has 1 rings (SSSR count). The second-order valence-electron chi connectivity index (χ2n) is 1.37. The summed E-state index contributed by atoms with van der Waals surface area (Å²) in [5, 5.41) is 0. The molecule has 0 atom stereocenters. The van der Waals surface area contributed by atoms with Gasteiger partial charge < -0.3 is 12.4 Å². The fraction of sp³-hybridized carbons (Fsp3) is 0. The molecule has 0 aliphatic heterocycles. The zero-order valence-corrected chi connectivity index (χ0v) is 7.14. The summed E-state index contributed by atoms with van der Waals surface area (Å²) in [5.74, 6) is 0. The monoisotopic (exact) mass is 152 g/mol. The maximum Gasteiger partial charge on any atom is 2.00 e. The summed E-state index contributed by atoms with van der Waals surface area (Å²) >= 11 is 0. The van der Waals surface area contributed by atoms with E-state index in [1.165, 1.54) is 0 Å². The van der Waals surface area contributed by atoms with Crippen molar-refractivity contribution in [3.05, 3.63) is 42.8 Å². The van der Waals surface area contributed by atoms with Crippen LogP contribution in [0, 0.1) is 6.88 Å². The van der Waals surface area contributed by atoms with Crippen LogP contribution < -0.4 is 12.4 Å². The van der Waals surface area contributed by atoms with Crippen LogP contribution in [0.2, 0.25) is 0 Å². The van der Waals surface area contributed by atoms with Crippen LogP contribution in [0.4, 0.5) is 0 Å². The Labute approximate surface area is 81.0 Å². The predicted octanol–water partition coefficient (Wildman–Crippen LogP) is -1.51. The fourth-order valence-electron chi connectivity index (χ4n) is 0.438. The molecule has 0 aliphatic rings. The van der Waals surface area contributed by atoms with Crippen LogP contribution >= 0.6 is 0 Å². The Bertz CT molecular complexity index is 179. The van der Waals surface area contributed by atoms with Gasteiger partial charge in [-0.2, -0.15) is 24.6 Å². The van der Waals surface area contributed by atoms with Gasteiger partial charge in [-0.05, 0) is 2.74 Å². The maximum atomic E-state index is 6.90. The SMILES string of the molecule is [2H][C-]([2H])c1ccccc1.[Cl-].[Mg+2]. The third kappa shape index (κ3) is 4.64. The fourth-order valence-corrected chi connectivity index (χ4v) is 0.438. The van der Waals surface area contributed by atoms with E-state index in [0.717, 1.165) is 0 Å². The standard InChI is InChI=1S/C7H7.ClH.Mg/c1-7-5-3-2-4-6-7;;/h2-6H,1H2;1H;/q-1;;+2/p-1/i1D2;;. The number of benzene rings is 1. The second kappa shape index (κ2) is 6.27. The van der Waals surface area contributed by atoms with Crippen molar-refractivity contribution in [2.45, 2.75) is 0 Å². The molecule has 0 heterocycles. The first kappa shape index (κ1) is 7.26. The van der Waals surface area contributed by atoms with Crippen molar-refractivity contribution in [2.24, 2.45) is 0 Å². The minimum Gasteiger partial charge on any atom is -1.00 e. The van der Waals surface area contributed by atoms with Crippen LogP contribution in [-0.2, 0) is 0 Å². The van der Waals surface area contributed by atoms with Crippen LogP contribution in [0.3, 0.4) is 0 Å². The molecule has 0 bridgehead atoms. The van der Waals surface area contributed by atoms with Crippen LogP contribution in [-0.4, -0.2) is 23.1 Å². The van der Waals surface area contributed by atoms with Crippen molar-refractivity contribution in [2.75, 3.05) is 0 Å². The predicted molar refractivity (Wildman–Crippen MR) is 36.7 cm³/mol. The summed E-state index contributed by atoms with van der Waals surface area (Å²) in [7, 11) is 0. The molecule has 0 unspecified atom stereocenters. The van der Waals surface area contributed by atoms with Crippen molar-refractivity contribution in [1.29, 1.82) is 0 Å². The van der Waals surface area contributed by atoms with E-state index in [9.17, 15) is 0 Å². The van der Waals surface area contributed by atoms with Gasteiger partial charge >= 0.3 is 23.1 Å². The second-order valence-corrected chi connectivity index (χ2v) is 1.37. The Balaban J connectivity index is 0. The summed E-state index contributed by atoms with van der Waals surface area (Å²) in [6.07, 6.45) is 0. The molecule has 0 nitrogen and oxygen atoms in total. The van der Waals surface area contributed by atoms with E-state index in [1.807, 2.05) is 18.2 Å². The number of rotatable bonds is 1. The van der Waals surface area contributed by atoms with Crippen LogP contribution in [0.1, 0.15) is 8.30 Å². The topological polar surface area (TPSA) is 0 Å². The molecule has 0 aromatic heterocycles. The molecule has 1 aromatic carbocycles. The van der Waals surface area contributed by atoms with Gasteiger partial charge in [0.2, 0.25) is 0 Å². The third-order valence-electron chi connectivity index (χ3n) is 0.774. The van der Waals surface area contributed by atoms with E-state index in [0.29, 0.717) is 5.56 Å². The summed E-state index contributed by atoms with van der Waals surface area (Å²) in [6, 6.07) is 8.99. The van der Waals surface area contributed by atoms with Gasteiger partial charge in [0.25, 0.3) is 0 Å². The smallest absolute Gasteiger partial charge is 1.00 e. The van der Waals surface area contributed by atoms with E-state index in [2.05, 4.69) is 0 Å². The normalized spacial score (nSPS) is 9.33. The zero-order valence-electron chi connectivity index (χ0n) is 6.97. The molecule has 0 spiro atoms. The Morgan fingerprint density at radius 2 is 1.78 bits per heavy atom. The van der Waals surface area contributed by atoms with Gasteiger partial charge in [-0.3, -0.25) is 0 Å². The largest absolute Gasteiger partial charge is 2.00 e. The van der Waals surface area contributed by atoms with Crippen molar-refractivity contribution >= 4 is 23.1 Å². The minimum absolute atomic E-state index is 0. The van der Waals surface area contributed by atoms with Gasteiger partial charge in [0.15, 0.2) is 0 Å². The first-order chi connectivity index (χ1) is 4.30. The molecular formula is C7H7ClMg. The van der Waals surface area contributed by atoms with Crippen molar-refractivity contribution in [3.8, 4) is 0 Å². The van der Waals surface area contributed by atoms with Gasteiger partial charge in [0.05, 0.1) is 0 Å². The molecule has 9 heavy (non-hydrogen) atoms. The number of hydrogen-bond acceptors (Lipinski definition) is 0. The summed E-state index contributed by atoms with van der Waals surface area (Å²) in [4.78, 5) is 0. The quantitative estimate of drug-likeness (QED) is 0.340. The van der Waals surface area contributed by atoms with Gasteiger partial charge in [-0.25, -0.2) is 0 Å². The van der Waals surface area contributed by atoms with E-state index in [-0.39, 0.29) is 42.3 Å². The Kier molecular flexibility index (Phi) is 5.05. The molecule has 0 saturated heterocycles. The number of hydrogen-bond donors (Lipinski definition) is 0. The summed E-state index contributed by atoms with van der Waals surface area (Å²) in [5.41, 5.74) is 0.664. The van der Waals surface area contributed by atoms with Crippen molar-refractivity contribution in [3.63, 3.8) is 0 Å². The third-order valence-corrected chi connectivity index (χ3v) is 0.774. The molecular weight excluding hydrogens is 144 g/mol. The molecule has 0 N–H and O–H groups in total. The molecule has 2 heteroatoms. The van der Waals surface area contributed by atoms with Crippen molar-refractivity contribution in [1.82, 2.24) is 0 Å². The molecule has 0 aliphatic carbocycles. The number of halogens is 1. The molecule has 0 amide bonds. The molecule has 0 radical (unpaired) electrons. The average Bonchev–Trinajstić information content (AvgIpc) is 1.90. The minimum atomic E-state index is -0.129. The summed E-state index contributed by atoms with van der Waals surface area (Å²) in [6.45, 7) is -0.129.